The number of aryl methyl sites for hydroxylation is 1. The second-order valence-electron chi connectivity index (χ2n) is 8.35. The Labute approximate surface area is 193 Å². The minimum Gasteiger partial charge on any atom is -0.483 e. The number of likely N-dealkylation sites (tertiary alicyclic amines) is 1. The lowest BCUT2D eigenvalue weighted by Gasteiger charge is -2.42. The maximum atomic E-state index is 13.3. The van der Waals surface area contributed by atoms with Crippen molar-refractivity contribution < 1.29 is 24.6 Å². The molecule has 0 radical (unpaired) electrons. The van der Waals surface area contributed by atoms with E-state index in [-0.39, 0.29) is 18.9 Å². The first kappa shape index (κ1) is 26.0. The lowest BCUT2D eigenvalue weighted by molar-refractivity contribution is -0.127. The fraction of sp³-hybridized carbons (Fsp3) is 0.591. The topological polar surface area (TPSA) is 143 Å². The number of carboxylic acid groups (broad SMARTS) is 2. The van der Waals surface area contributed by atoms with Gasteiger partial charge in [-0.15, -0.1) is 0 Å². The molecular formula is C22H34N6O5. The molecule has 11 nitrogen and oxygen atoms in total. The summed E-state index contributed by atoms with van der Waals surface area (Å²) in [4.78, 5) is 36.7. The number of carbonyl (C=O) groups is 3. The van der Waals surface area contributed by atoms with E-state index in [4.69, 9.17) is 19.8 Å². The van der Waals surface area contributed by atoms with Crippen molar-refractivity contribution in [3.63, 3.8) is 0 Å². The van der Waals surface area contributed by atoms with Crippen LogP contribution in [0.1, 0.15) is 44.9 Å². The van der Waals surface area contributed by atoms with Gasteiger partial charge in [0.1, 0.15) is 5.54 Å². The summed E-state index contributed by atoms with van der Waals surface area (Å²) in [6, 6.07) is 1.83. The molecule has 0 bridgehead atoms. The maximum absolute atomic E-state index is 13.3. The van der Waals surface area contributed by atoms with Gasteiger partial charge in [-0.3, -0.25) is 19.1 Å². The Morgan fingerprint density at radius 3 is 2.30 bits per heavy atom. The van der Waals surface area contributed by atoms with Gasteiger partial charge in [0.25, 0.3) is 18.9 Å². The van der Waals surface area contributed by atoms with Crippen molar-refractivity contribution >= 4 is 24.7 Å². The van der Waals surface area contributed by atoms with Crippen LogP contribution in [0.3, 0.4) is 0 Å². The first-order valence-electron chi connectivity index (χ1n) is 11.2. The van der Waals surface area contributed by atoms with Gasteiger partial charge in [-0.1, -0.05) is 19.3 Å². The highest BCUT2D eigenvalue weighted by molar-refractivity contribution is 5.96. The molecule has 4 rings (SSSR count). The molecule has 0 unspecified atom stereocenters. The van der Waals surface area contributed by atoms with Gasteiger partial charge in [-0.05, 0) is 31.6 Å². The van der Waals surface area contributed by atoms with Gasteiger partial charge in [-0.2, -0.15) is 5.10 Å². The summed E-state index contributed by atoms with van der Waals surface area (Å²) >= 11 is 0. The molecule has 1 saturated carbocycles. The minimum absolute atomic E-state index is 0.0107. The van der Waals surface area contributed by atoms with Crippen molar-refractivity contribution in [1.82, 2.24) is 24.2 Å². The number of hydrogen-bond donors (Lipinski definition) is 3. The largest absolute Gasteiger partial charge is 0.483 e. The number of rotatable bonds is 5. The van der Waals surface area contributed by atoms with Crippen LogP contribution in [0, 0.1) is 5.92 Å². The van der Waals surface area contributed by atoms with Gasteiger partial charge in [0.05, 0.1) is 6.33 Å². The van der Waals surface area contributed by atoms with Crippen LogP contribution in [0.5, 0.6) is 0 Å². The van der Waals surface area contributed by atoms with E-state index in [9.17, 15) is 4.79 Å². The predicted octanol–water partition coefficient (Wildman–Crippen LogP) is 2.03. The average Bonchev–Trinajstić information content (AvgIpc) is 3.49. The molecule has 0 atom stereocenters. The van der Waals surface area contributed by atoms with E-state index < -0.39 is 5.54 Å². The number of amides is 1. The lowest BCUT2D eigenvalue weighted by Crippen LogP contribution is -2.53. The smallest absolute Gasteiger partial charge is 0.290 e. The van der Waals surface area contributed by atoms with Gasteiger partial charge >= 0.3 is 0 Å². The third kappa shape index (κ3) is 7.41. The van der Waals surface area contributed by atoms with E-state index in [2.05, 4.69) is 20.3 Å². The SMILES string of the molecule is Cn1ccc(NC(=O)C2(n3ccnc3)CCN(CC3CCCCC3)CC2)n1.O=CO.O=CO. The molecule has 2 aromatic rings. The highest BCUT2D eigenvalue weighted by Gasteiger charge is 2.43. The van der Waals surface area contributed by atoms with Gasteiger partial charge in [0.15, 0.2) is 5.82 Å². The van der Waals surface area contributed by atoms with E-state index in [1.165, 1.54) is 38.6 Å². The zero-order chi connectivity index (χ0) is 24.1. The van der Waals surface area contributed by atoms with E-state index in [1.807, 2.05) is 30.1 Å². The third-order valence-corrected chi connectivity index (χ3v) is 6.30. The van der Waals surface area contributed by atoms with Gasteiger partial charge in [0.2, 0.25) is 0 Å². The zero-order valence-corrected chi connectivity index (χ0v) is 19.0. The van der Waals surface area contributed by atoms with Crippen molar-refractivity contribution in [2.75, 3.05) is 25.0 Å². The van der Waals surface area contributed by atoms with Gasteiger partial charge < -0.3 is 25.0 Å². The fourth-order valence-electron chi connectivity index (χ4n) is 4.67. The van der Waals surface area contributed by atoms with Crippen LogP contribution in [-0.2, 0) is 27.0 Å². The molecule has 0 spiro atoms. The van der Waals surface area contributed by atoms with Crippen LogP contribution in [0.25, 0.3) is 0 Å². The number of nitrogens with zero attached hydrogens (tertiary/aromatic N) is 5. The van der Waals surface area contributed by atoms with Crippen molar-refractivity contribution in [3.05, 3.63) is 31.0 Å². The molecule has 2 fully saturated rings. The van der Waals surface area contributed by atoms with Gasteiger partial charge in [0, 0.05) is 51.3 Å². The van der Waals surface area contributed by atoms with Crippen LogP contribution in [0.2, 0.25) is 0 Å². The van der Waals surface area contributed by atoms with E-state index in [0.29, 0.717) is 5.82 Å². The summed E-state index contributed by atoms with van der Waals surface area (Å²) in [6.07, 6.45) is 15.8. The number of carbonyl (C=O) groups excluding carboxylic acids is 1. The zero-order valence-electron chi connectivity index (χ0n) is 19.0. The second-order valence-corrected chi connectivity index (χ2v) is 8.35. The summed E-state index contributed by atoms with van der Waals surface area (Å²) < 4.78 is 3.69. The molecule has 0 aromatic carbocycles. The average molecular weight is 463 g/mol. The van der Waals surface area contributed by atoms with E-state index >= 15 is 0 Å². The summed E-state index contributed by atoms with van der Waals surface area (Å²) in [5.41, 5.74) is -0.586. The molecule has 3 heterocycles. The minimum atomic E-state index is -0.586. The Bertz CT molecular complexity index is 833. The molecule has 3 N–H and O–H groups in total. The molecule has 1 aliphatic carbocycles. The number of nitrogens with one attached hydrogen (secondary N) is 1. The monoisotopic (exact) mass is 462 g/mol. The van der Waals surface area contributed by atoms with Crippen molar-refractivity contribution in [2.45, 2.75) is 50.5 Å². The number of aromatic nitrogens is 4. The Kier molecular flexibility index (Phi) is 10.5. The predicted molar refractivity (Wildman–Crippen MR) is 122 cm³/mol. The van der Waals surface area contributed by atoms with Crippen molar-refractivity contribution in [1.29, 1.82) is 0 Å². The van der Waals surface area contributed by atoms with Crippen LogP contribution < -0.4 is 5.32 Å². The lowest BCUT2D eigenvalue weighted by atomic mass is 9.84. The Morgan fingerprint density at radius 1 is 1.15 bits per heavy atom. The van der Waals surface area contributed by atoms with Crippen molar-refractivity contribution in [2.24, 2.45) is 13.0 Å². The van der Waals surface area contributed by atoms with E-state index in [0.717, 1.165) is 31.8 Å². The summed E-state index contributed by atoms with van der Waals surface area (Å²) in [6.45, 7) is 2.58. The summed E-state index contributed by atoms with van der Waals surface area (Å²) in [7, 11) is 1.85. The standard InChI is InChI=1S/C20H30N6O.2CH2O2/c1-24-11-7-18(23-24)22-19(27)20(26-14-10-21-16-26)8-12-25(13-9-20)15-17-5-3-2-4-6-17;2*2-1-3/h7,10-11,14,16-17H,2-6,8-9,12-13,15H2,1H3,(H,22,23,27);2*1H,(H,2,3). The maximum Gasteiger partial charge on any atom is 0.290 e. The molecule has 33 heavy (non-hydrogen) atoms. The van der Waals surface area contributed by atoms with Crippen LogP contribution in [0.15, 0.2) is 31.0 Å². The Balaban J connectivity index is 0.000000582. The first-order valence-corrected chi connectivity index (χ1v) is 11.2. The molecule has 2 aromatic heterocycles. The molecule has 11 heteroatoms. The number of hydrogen-bond acceptors (Lipinski definition) is 6. The Morgan fingerprint density at radius 2 is 1.79 bits per heavy atom. The number of anilines is 1. The van der Waals surface area contributed by atoms with Crippen LogP contribution in [0.4, 0.5) is 5.82 Å². The van der Waals surface area contributed by atoms with Crippen molar-refractivity contribution in [3.8, 4) is 0 Å². The van der Waals surface area contributed by atoms with E-state index in [1.54, 1.807) is 17.2 Å². The third-order valence-electron chi connectivity index (χ3n) is 6.30. The highest BCUT2D eigenvalue weighted by Crippen LogP contribution is 2.33. The normalized spacial score (nSPS) is 18.1. The molecule has 1 aliphatic heterocycles. The van der Waals surface area contributed by atoms with Gasteiger partial charge in [-0.25, -0.2) is 4.98 Å². The number of imidazole rings is 1. The molecular weight excluding hydrogens is 428 g/mol. The molecule has 1 saturated heterocycles. The van der Waals surface area contributed by atoms with Crippen LogP contribution >= 0.6 is 0 Å². The molecule has 2 aliphatic rings. The molecule has 182 valence electrons. The number of piperidine rings is 1. The summed E-state index contributed by atoms with van der Waals surface area (Å²) in [5.74, 6) is 1.45. The quantitative estimate of drug-likeness (QED) is 0.573. The van der Waals surface area contributed by atoms with Crippen LogP contribution in [-0.4, -0.2) is 72.9 Å². The summed E-state index contributed by atoms with van der Waals surface area (Å²) in [5, 5.41) is 21.1. The fourth-order valence-corrected chi connectivity index (χ4v) is 4.67. The molecule has 1 amide bonds. The Hall–Kier alpha value is -3.21. The second kappa shape index (κ2) is 13.4. The first-order chi connectivity index (χ1) is 16.0. The highest BCUT2D eigenvalue weighted by atomic mass is 16.3.